The highest BCUT2D eigenvalue weighted by Crippen LogP contribution is 2.50. The Hall–Kier alpha value is -4.90. The lowest BCUT2D eigenvalue weighted by Crippen LogP contribution is -2.04. The standard InChI is InChI=1S/C37H26F6N2/c1-3-4-26-18-27-17-24(22-5-11-28(12-6-22)36(38,39)40)9-15-30(27)34(26)33-21(2)35(45-20-44)32-19-25(10-16-31(32)33)23-7-13-29(14-8-23)37(41,42)43/h5-17,19H,3-4,18H2,1-2H3/b45-35-. The van der Waals surface area contributed by atoms with Gasteiger partial charge in [-0.25, -0.2) is 0 Å². The van der Waals surface area contributed by atoms with Crippen LogP contribution in [0.15, 0.2) is 101 Å². The molecule has 0 aromatic heterocycles. The van der Waals surface area contributed by atoms with Crippen molar-refractivity contribution in [1.29, 1.82) is 5.26 Å². The van der Waals surface area contributed by atoms with E-state index >= 15 is 0 Å². The number of benzene rings is 4. The van der Waals surface area contributed by atoms with Crippen molar-refractivity contribution < 1.29 is 26.3 Å². The largest absolute Gasteiger partial charge is 0.416 e. The Morgan fingerprint density at radius 1 is 0.667 bits per heavy atom. The molecule has 2 nitrogen and oxygen atoms in total. The fraction of sp³-hybridized carbons (Fsp3) is 0.189. The topological polar surface area (TPSA) is 36.1 Å². The van der Waals surface area contributed by atoms with Crippen LogP contribution in [-0.2, 0) is 18.8 Å². The van der Waals surface area contributed by atoms with Crippen molar-refractivity contribution in [2.24, 2.45) is 4.99 Å². The van der Waals surface area contributed by atoms with E-state index in [2.05, 4.69) is 11.9 Å². The molecule has 0 amide bonds. The summed E-state index contributed by atoms with van der Waals surface area (Å²) >= 11 is 0. The van der Waals surface area contributed by atoms with Crippen LogP contribution in [0.3, 0.4) is 0 Å². The third-order valence-corrected chi connectivity index (χ3v) is 8.46. The molecule has 8 heteroatoms. The molecule has 0 bridgehead atoms. The van der Waals surface area contributed by atoms with Crippen molar-refractivity contribution in [3.8, 4) is 28.4 Å². The van der Waals surface area contributed by atoms with Crippen LogP contribution in [0.1, 0.15) is 60.1 Å². The number of fused-ring (bicyclic) bond motifs is 2. The normalized spacial score (nSPS) is 15.5. The van der Waals surface area contributed by atoms with Crippen LogP contribution < -0.4 is 0 Å². The van der Waals surface area contributed by atoms with E-state index in [0.29, 0.717) is 28.8 Å². The van der Waals surface area contributed by atoms with Gasteiger partial charge in [0.1, 0.15) is 0 Å². The smallest absolute Gasteiger partial charge is 0.173 e. The third kappa shape index (κ3) is 5.48. The molecule has 0 atom stereocenters. The van der Waals surface area contributed by atoms with E-state index in [1.807, 2.05) is 49.5 Å². The van der Waals surface area contributed by atoms with Gasteiger partial charge in [0.2, 0.25) is 6.19 Å². The summed E-state index contributed by atoms with van der Waals surface area (Å²) in [5.41, 5.74) is 9.74. The van der Waals surface area contributed by atoms with Crippen LogP contribution in [-0.4, -0.2) is 5.71 Å². The third-order valence-electron chi connectivity index (χ3n) is 8.46. The summed E-state index contributed by atoms with van der Waals surface area (Å²) in [5.74, 6) is 0. The molecule has 4 aromatic rings. The number of hydrogen-bond donors (Lipinski definition) is 0. The van der Waals surface area contributed by atoms with E-state index in [4.69, 9.17) is 0 Å². The molecule has 2 aliphatic rings. The first kappa shape index (κ1) is 30.1. The van der Waals surface area contributed by atoms with E-state index in [1.54, 1.807) is 0 Å². The highest BCUT2D eigenvalue weighted by Gasteiger charge is 2.34. The zero-order chi connectivity index (χ0) is 32.1. The fourth-order valence-electron chi connectivity index (χ4n) is 6.38. The van der Waals surface area contributed by atoms with Crippen LogP contribution in [0.5, 0.6) is 0 Å². The Morgan fingerprint density at radius 3 is 1.69 bits per heavy atom. The zero-order valence-electron chi connectivity index (χ0n) is 24.4. The second-order valence-corrected chi connectivity index (χ2v) is 11.2. The number of nitrogens with zero attached hydrogens (tertiary/aromatic N) is 2. The number of alkyl halides is 6. The van der Waals surface area contributed by atoms with Crippen molar-refractivity contribution in [1.82, 2.24) is 0 Å². The van der Waals surface area contributed by atoms with Gasteiger partial charge in [0.15, 0.2) is 0 Å². The Labute approximate surface area is 256 Å². The number of nitriles is 1. The van der Waals surface area contributed by atoms with Crippen LogP contribution in [0.25, 0.3) is 33.4 Å². The summed E-state index contributed by atoms with van der Waals surface area (Å²) in [6.45, 7) is 4.03. The summed E-state index contributed by atoms with van der Waals surface area (Å²) in [6, 6.07) is 21.8. The maximum absolute atomic E-state index is 13.1. The molecule has 0 N–H and O–H groups in total. The molecular formula is C37H26F6N2. The Bertz CT molecular complexity index is 1950. The first-order chi connectivity index (χ1) is 21.4. The average molecular weight is 613 g/mol. The molecule has 0 spiro atoms. The second-order valence-electron chi connectivity index (χ2n) is 11.2. The SMILES string of the molecule is CCCC1=C(C2=C(C)/C(=N/C#N)c3cc(-c4ccc(C(F)(F)F)cc4)ccc32)c2ccc(-c3ccc(C(F)(F)F)cc3)cc2C1. The summed E-state index contributed by atoms with van der Waals surface area (Å²) in [6.07, 6.45) is -4.49. The predicted octanol–water partition coefficient (Wildman–Crippen LogP) is 10.9. The molecule has 0 unspecified atom stereocenters. The van der Waals surface area contributed by atoms with Crippen LogP contribution in [0, 0.1) is 11.5 Å². The molecule has 226 valence electrons. The maximum atomic E-state index is 13.1. The van der Waals surface area contributed by atoms with Crippen LogP contribution >= 0.6 is 0 Å². The molecule has 6 rings (SSSR count). The first-order valence-electron chi connectivity index (χ1n) is 14.4. The van der Waals surface area contributed by atoms with Gasteiger partial charge in [-0.05, 0) is 106 Å². The molecule has 4 aromatic carbocycles. The van der Waals surface area contributed by atoms with E-state index in [9.17, 15) is 31.6 Å². The minimum atomic E-state index is -4.43. The molecule has 0 saturated carbocycles. The lowest BCUT2D eigenvalue weighted by molar-refractivity contribution is -0.138. The van der Waals surface area contributed by atoms with Crippen LogP contribution in [0.4, 0.5) is 26.3 Å². The molecule has 45 heavy (non-hydrogen) atoms. The van der Waals surface area contributed by atoms with Gasteiger partial charge < -0.3 is 0 Å². The maximum Gasteiger partial charge on any atom is 0.416 e. The second kappa shape index (κ2) is 11.2. The van der Waals surface area contributed by atoms with Gasteiger partial charge in [-0.15, -0.1) is 0 Å². The van der Waals surface area contributed by atoms with Crippen LogP contribution in [0.2, 0.25) is 0 Å². The zero-order valence-corrected chi connectivity index (χ0v) is 24.4. The summed E-state index contributed by atoms with van der Waals surface area (Å²) in [5, 5.41) is 9.57. The Balaban J connectivity index is 1.42. The van der Waals surface area contributed by atoms with Crippen molar-refractivity contribution in [3.63, 3.8) is 0 Å². The van der Waals surface area contributed by atoms with Crippen molar-refractivity contribution in [2.75, 3.05) is 0 Å². The molecule has 0 aliphatic heterocycles. The van der Waals surface area contributed by atoms with Crippen molar-refractivity contribution >= 4 is 16.9 Å². The van der Waals surface area contributed by atoms with Gasteiger partial charge in [0, 0.05) is 5.56 Å². The molecule has 2 aliphatic carbocycles. The monoisotopic (exact) mass is 612 g/mol. The molecular weight excluding hydrogens is 586 g/mol. The lowest BCUT2D eigenvalue weighted by Gasteiger charge is -2.14. The number of rotatable bonds is 5. The number of allylic oxidation sites excluding steroid dienone is 4. The number of hydrogen-bond acceptors (Lipinski definition) is 2. The van der Waals surface area contributed by atoms with Gasteiger partial charge >= 0.3 is 12.4 Å². The van der Waals surface area contributed by atoms with E-state index < -0.39 is 23.5 Å². The van der Waals surface area contributed by atoms with Gasteiger partial charge in [0.05, 0.1) is 16.8 Å². The van der Waals surface area contributed by atoms with E-state index in [0.717, 1.165) is 81.6 Å². The number of halogens is 6. The van der Waals surface area contributed by atoms with Gasteiger partial charge in [-0.3, -0.25) is 0 Å². The summed E-state index contributed by atoms with van der Waals surface area (Å²) < 4.78 is 78.7. The van der Waals surface area contributed by atoms with Gasteiger partial charge in [-0.1, -0.05) is 73.5 Å². The van der Waals surface area contributed by atoms with Gasteiger partial charge in [-0.2, -0.15) is 36.6 Å². The minimum Gasteiger partial charge on any atom is -0.173 e. The quantitative estimate of drug-likeness (QED) is 0.163. The number of aliphatic imine (C=N–C) groups is 1. The van der Waals surface area contributed by atoms with Crippen molar-refractivity contribution in [2.45, 2.75) is 45.5 Å². The lowest BCUT2D eigenvalue weighted by atomic mass is 9.89. The highest BCUT2D eigenvalue weighted by molar-refractivity contribution is 6.31. The predicted molar refractivity (Wildman–Crippen MR) is 164 cm³/mol. The fourth-order valence-corrected chi connectivity index (χ4v) is 6.38. The molecule has 0 fully saturated rings. The summed E-state index contributed by atoms with van der Waals surface area (Å²) in [4.78, 5) is 4.17. The van der Waals surface area contributed by atoms with E-state index in [1.165, 1.54) is 29.8 Å². The highest BCUT2D eigenvalue weighted by atomic mass is 19.4. The molecule has 0 radical (unpaired) electrons. The first-order valence-corrected chi connectivity index (χ1v) is 14.4. The Kier molecular flexibility index (Phi) is 7.52. The van der Waals surface area contributed by atoms with Crippen molar-refractivity contribution in [3.05, 3.63) is 129 Å². The van der Waals surface area contributed by atoms with Gasteiger partial charge in [0.25, 0.3) is 0 Å². The average Bonchev–Trinajstić information content (AvgIpc) is 3.49. The molecule has 0 saturated heterocycles. The summed E-state index contributed by atoms with van der Waals surface area (Å²) in [7, 11) is 0. The van der Waals surface area contributed by atoms with E-state index in [-0.39, 0.29) is 0 Å². The molecule has 0 heterocycles. The Morgan fingerprint density at radius 2 is 1.18 bits per heavy atom. The minimum absolute atomic E-state index is 0.523.